The summed E-state index contributed by atoms with van der Waals surface area (Å²) in [5.74, 6) is -0.216. The maximum atomic E-state index is 11.1. The maximum absolute atomic E-state index is 11.1. The van der Waals surface area contributed by atoms with Crippen molar-refractivity contribution in [3.8, 4) is 0 Å². The highest BCUT2D eigenvalue weighted by atomic mass is 32.2. The van der Waals surface area contributed by atoms with E-state index >= 15 is 0 Å². The van der Waals surface area contributed by atoms with Crippen LogP contribution in [0.2, 0.25) is 0 Å². The standard InChI is InChI=1S/C13H27N3O5S/c17-9-6-14-2-4-15(5-3-14)13(1-12-22(18,19)20)16-7-10-21-11-8-16/h13,17H,1-12H2,(H,18,19,20). The molecule has 0 spiro atoms. The topological polar surface area (TPSA) is 93.5 Å². The van der Waals surface area contributed by atoms with Gasteiger partial charge in [-0.15, -0.1) is 0 Å². The van der Waals surface area contributed by atoms with Crippen molar-refractivity contribution in [1.82, 2.24) is 14.7 Å². The highest BCUT2D eigenvalue weighted by molar-refractivity contribution is 7.85. The Bertz CT molecular complexity index is 419. The molecule has 2 aliphatic rings. The molecule has 0 aliphatic carbocycles. The Morgan fingerprint density at radius 3 is 2.14 bits per heavy atom. The Morgan fingerprint density at radius 1 is 1.00 bits per heavy atom. The number of aliphatic hydroxyl groups is 1. The van der Waals surface area contributed by atoms with Gasteiger partial charge in [-0.25, -0.2) is 0 Å². The molecule has 2 heterocycles. The molecule has 0 aromatic heterocycles. The Kier molecular flexibility index (Phi) is 7.00. The molecule has 1 atom stereocenters. The molecule has 0 radical (unpaired) electrons. The summed E-state index contributed by atoms with van der Waals surface area (Å²) in [6.07, 6.45) is 0.417. The zero-order valence-electron chi connectivity index (χ0n) is 12.9. The summed E-state index contributed by atoms with van der Waals surface area (Å²) in [6, 6.07) is 0. The second-order valence-corrected chi connectivity index (χ2v) is 7.38. The molecule has 9 heteroatoms. The fourth-order valence-electron chi connectivity index (χ4n) is 3.15. The van der Waals surface area contributed by atoms with Gasteiger partial charge in [0.1, 0.15) is 0 Å². The summed E-state index contributed by atoms with van der Waals surface area (Å²) in [7, 11) is -3.94. The van der Waals surface area contributed by atoms with E-state index in [4.69, 9.17) is 14.4 Å². The first kappa shape index (κ1) is 18.1. The van der Waals surface area contributed by atoms with Crippen molar-refractivity contribution in [1.29, 1.82) is 0 Å². The number of aliphatic hydroxyl groups excluding tert-OH is 1. The third-order valence-electron chi connectivity index (χ3n) is 4.35. The second kappa shape index (κ2) is 8.53. The molecule has 0 saturated carbocycles. The van der Waals surface area contributed by atoms with Crippen LogP contribution in [-0.2, 0) is 14.9 Å². The molecule has 22 heavy (non-hydrogen) atoms. The highest BCUT2D eigenvalue weighted by Gasteiger charge is 2.30. The summed E-state index contributed by atoms with van der Waals surface area (Å²) >= 11 is 0. The number of ether oxygens (including phenoxy) is 1. The molecule has 0 aromatic rings. The Hall–Kier alpha value is -0.290. The van der Waals surface area contributed by atoms with E-state index in [1.165, 1.54) is 0 Å². The van der Waals surface area contributed by atoms with Crippen LogP contribution in [0.15, 0.2) is 0 Å². The average molecular weight is 337 g/mol. The summed E-state index contributed by atoms with van der Waals surface area (Å²) < 4.78 is 36.6. The molecule has 2 rings (SSSR count). The monoisotopic (exact) mass is 337 g/mol. The molecule has 2 aliphatic heterocycles. The molecule has 0 amide bonds. The first-order valence-electron chi connectivity index (χ1n) is 7.84. The number of β-amino-alcohol motifs (C(OH)–C–C–N with tert-alkyl or cyclic N) is 1. The Balaban J connectivity index is 1.94. The van der Waals surface area contributed by atoms with Gasteiger partial charge in [-0.3, -0.25) is 19.3 Å². The van der Waals surface area contributed by atoms with Crippen LogP contribution in [0.4, 0.5) is 0 Å². The van der Waals surface area contributed by atoms with Gasteiger partial charge in [0.05, 0.1) is 31.7 Å². The number of hydrogen-bond donors (Lipinski definition) is 2. The van der Waals surface area contributed by atoms with Gasteiger partial charge in [-0.2, -0.15) is 8.42 Å². The predicted octanol–water partition coefficient (Wildman–Crippen LogP) is -1.47. The van der Waals surface area contributed by atoms with Gasteiger partial charge < -0.3 is 9.84 Å². The lowest BCUT2D eigenvalue weighted by molar-refractivity contribution is -0.0483. The van der Waals surface area contributed by atoms with Gasteiger partial charge in [-0.1, -0.05) is 0 Å². The minimum atomic E-state index is -3.94. The second-order valence-electron chi connectivity index (χ2n) is 5.80. The van der Waals surface area contributed by atoms with Crippen molar-refractivity contribution >= 4 is 10.1 Å². The number of rotatable bonds is 7. The molecular weight excluding hydrogens is 310 g/mol. The lowest BCUT2D eigenvalue weighted by Crippen LogP contribution is -2.58. The van der Waals surface area contributed by atoms with Crippen molar-refractivity contribution in [2.75, 3.05) is 71.4 Å². The maximum Gasteiger partial charge on any atom is 0.264 e. The third-order valence-corrected chi connectivity index (χ3v) is 5.10. The van der Waals surface area contributed by atoms with Gasteiger partial charge in [0, 0.05) is 45.8 Å². The van der Waals surface area contributed by atoms with E-state index in [9.17, 15) is 8.42 Å². The fourth-order valence-corrected chi connectivity index (χ4v) is 3.66. The zero-order chi connectivity index (χ0) is 16.0. The van der Waals surface area contributed by atoms with Crippen molar-refractivity contribution in [3.05, 3.63) is 0 Å². The van der Waals surface area contributed by atoms with Crippen LogP contribution in [0, 0.1) is 0 Å². The quantitative estimate of drug-likeness (QED) is 0.544. The average Bonchev–Trinajstić information content (AvgIpc) is 2.49. The summed E-state index contributed by atoms with van der Waals surface area (Å²) in [5.41, 5.74) is 0. The van der Waals surface area contributed by atoms with Crippen molar-refractivity contribution in [3.63, 3.8) is 0 Å². The Labute approximate surface area is 132 Å². The normalized spacial score (nSPS) is 24.5. The van der Waals surface area contributed by atoms with Crippen LogP contribution in [0.1, 0.15) is 6.42 Å². The van der Waals surface area contributed by atoms with Gasteiger partial charge in [-0.05, 0) is 6.42 Å². The summed E-state index contributed by atoms with van der Waals surface area (Å²) in [6.45, 7) is 7.15. The number of nitrogens with zero attached hydrogens (tertiary/aromatic N) is 3. The number of piperazine rings is 1. The largest absolute Gasteiger partial charge is 0.395 e. The molecular formula is C13H27N3O5S. The van der Waals surface area contributed by atoms with Crippen LogP contribution in [0.5, 0.6) is 0 Å². The van der Waals surface area contributed by atoms with Crippen LogP contribution in [-0.4, -0.2) is 110 Å². The smallest absolute Gasteiger partial charge is 0.264 e. The van der Waals surface area contributed by atoms with E-state index in [1.807, 2.05) is 0 Å². The molecule has 0 aromatic carbocycles. The van der Waals surface area contributed by atoms with E-state index in [-0.39, 0.29) is 18.5 Å². The summed E-state index contributed by atoms with van der Waals surface area (Å²) in [5, 5.41) is 9.00. The van der Waals surface area contributed by atoms with E-state index in [2.05, 4.69) is 14.7 Å². The van der Waals surface area contributed by atoms with Gasteiger partial charge >= 0.3 is 0 Å². The minimum absolute atomic E-state index is 0.0158. The zero-order valence-corrected chi connectivity index (χ0v) is 13.7. The molecule has 0 bridgehead atoms. The van der Waals surface area contributed by atoms with Crippen molar-refractivity contribution in [2.24, 2.45) is 0 Å². The van der Waals surface area contributed by atoms with Crippen molar-refractivity contribution in [2.45, 2.75) is 12.6 Å². The molecule has 1 unspecified atom stereocenters. The fraction of sp³-hybridized carbons (Fsp3) is 1.00. The molecule has 130 valence electrons. The SMILES string of the molecule is O=S(=O)(O)CCC(N1CCOCC1)N1CCN(CCO)CC1. The van der Waals surface area contributed by atoms with Gasteiger partial charge in [0.25, 0.3) is 10.1 Å². The first-order valence-corrected chi connectivity index (χ1v) is 9.45. The lowest BCUT2D eigenvalue weighted by atomic mass is 10.2. The van der Waals surface area contributed by atoms with Crippen molar-refractivity contribution < 1.29 is 22.8 Å². The molecule has 2 saturated heterocycles. The molecule has 8 nitrogen and oxygen atoms in total. The van der Waals surface area contributed by atoms with Gasteiger partial charge in [0.15, 0.2) is 0 Å². The van der Waals surface area contributed by atoms with Gasteiger partial charge in [0.2, 0.25) is 0 Å². The third kappa shape index (κ3) is 5.73. The predicted molar refractivity (Wildman–Crippen MR) is 82.3 cm³/mol. The lowest BCUT2D eigenvalue weighted by Gasteiger charge is -2.45. The molecule has 2 N–H and O–H groups in total. The van der Waals surface area contributed by atoms with Crippen LogP contribution in [0.25, 0.3) is 0 Å². The van der Waals surface area contributed by atoms with E-state index < -0.39 is 10.1 Å². The first-order chi connectivity index (χ1) is 10.5. The number of morpholine rings is 1. The Morgan fingerprint density at radius 2 is 1.59 bits per heavy atom. The van der Waals surface area contributed by atoms with Crippen LogP contribution < -0.4 is 0 Å². The van der Waals surface area contributed by atoms with E-state index in [1.54, 1.807) is 0 Å². The molecule has 2 fully saturated rings. The van der Waals surface area contributed by atoms with E-state index in [0.29, 0.717) is 26.2 Å². The van der Waals surface area contributed by atoms with Crippen LogP contribution in [0.3, 0.4) is 0 Å². The minimum Gasteiger partial charge on any atom is -0.395 e. The number of hydrogen-bond acceptors (Lipinski definition) is 7. The highest BCUT2D eigenvalue weighted by Crippen LogP contribution is 2.16. The summed E-state index contributed by atoms with van der Waals surface area (Å²) in [4.78, 5) is 6.73. The van der Waals surface area contributed by atoms with Crippen LogP contribution >= 0.6 is 0 Å². The van der Waals surface area contributed by atoms with E-state index in [0.717, 1.165) is 39.3 Å².